The maximum atomic E-state index is 12.9. The van der Waals surface area contributed by atoms with Crippen molar-refractivity contribution >= 4 is 21.6 Å². The van der Waals surface area contributed by atoms with E-state index < -0.39 is 21.4 Å². The number of hydrogen-bond donors (Lipinski definition) is 2. The second kappa shape index (κ2) is 5.52. The third kappa shape index (κ3) is 5.30. The fraction of sp³-hybridized carbons (Fsp3) is 0.455. The Bertz CT molecular complexity index is 526. The average molecular weight is 295 g/mol. The molecular weight excluding hydrogens is 279 g/mol. The molecule has 1 aromatic rings. The molecule has 0 aliphatic heterocycles. The molecular formula is C11H16ClFN2O2S. The summed E-state index contributed by atoms with van der Waals surface area (Å²) in [4.78, 5) is 0. The highest BCUT2D eigenvalue weighted by Gasteiger charge is 2.17. The predicted octanol–water partition coefficient (Wildman–Crippen LogP) is 1.64. The van der Waals surface area contributed by atoms with Crippen LogP contribution in [0.25, 0.3) is 0 Å². The number of rotatable bonds is 5. The third-order valence-electron chi connectivity index (χ3n) is 2.09. The van der Waals surface area contributed by atoms with Crippen molar-refractivity contribution in [2.24, 2.45) is 5.73 Å². The lowest BCUT2D eigenvalue weighted by molar-refractivity contribution is 0.497. The highest BCUT2D eigenvalue weighted by molar-refractivity contribution is 7.88. The molecule has 0 unspecified atom stereocenters. The molecule has 0 aliphatic rings. The Labute approximate surface area is 111 Å². The molecule has 0 saturated heterocycles. The number of hydrogen-bond acceptors (Lipinski definition) is 3. The van der Waals surface area contributed by atoms with Crippen LogP contribution < -0.4 is 10.5 Å². The zero-order chi connectivity index (χ0) is 14.0. The molecule has 3 N–H and O–H groups in total. The SMILES string of the molecule is CC(C)(N)CNS(=O)(=O)Cc1ccc(F)c(Cl)c1. The first-order valence-corrected chi connectivity index (χ1v) is 7.32. The van der Waals surface area contributed by atoms with Gasteiger partial charge in [0.1, 0.15) is 5.82 Å². The first-order chi connectivity index (χ1) is 8.09. The standard InChI is InChI=1S/C11H16ClFN2O2S/c1-11(2,14)7-15-18(16,17)6-8-3-4-10(13)9(12)5-8/h3-5,15H,6-7,14H2,1-2H3. The van der Waals surface area contributed by atoms with Crippen molar-refractivity contribution in [3.05, 3.63) is 34.6 Å². The molecule has 0 spiro atoms. The molecule has 0 aromatic heterocycles. The van der Waals surface area contributed by atoms with Gasteiger partial charge < -0.3 is 5.73 Å². The van der Waals surface area contributed by atoms with Crippen molar-refractivity contribution in [3.63, 3.8) is 0 Å². The molecule has 0 atom stereocenters. The van der Waals surface area contributed by atoms with Crippen molar-refractivity contribution in [2.75, 3.05) is 6.54 Å². The van der Waals surface area contributed by atoms with E-state index in [1.165, 1.54) is 12.1 Å². The molecule has 18 heavy (non-hydrogen) atoms. The summed E-state index contributed by atoms with van der Waals surface area (Å²) < 4.78 is 38.8. The van der Waals surface area contributed by atoms with Gasteiger partial charge in [-0.15, -0.1) is 0 Å². The lowest BCUT2D eigenvalue weighted by atomic mass is 10.1. The van der Waals surface area contributed by atoms with Gasteiger partial charge in [-0.05, 0) is 31.5 Å². The summed E-state index contributed by atoms with van der Waals surface area (Å²) in [7, 11) is -3.51. The second-order valence-corrected chi connectivity index (χ2v) is 7.03. The Hall–Kier alpha value is -0.690. The number of sulfonamides is 1. The highest BCUT2D eigenvalue weighted by Crippen LogP contribution is 2.17. The maximum Gasteiger partial charge on any atom is 0.215 e. The van der Waals surface area contributed by atoms with E-state index in [0.29, 0.717) is 5.56 Å². The lowest BCUT2D eigenvalue weighted by Gasteiger charge is -2.18. The summed E-state index contributed by atoms with van der Waals surface area (Å²) in [6.45, 7) is 3.55. The van der Waals surface area contributed by atoms with Crippen molar-refractivity contribution < 1.29 is 12.8 Å². The zero-order valence-corrected chi connectivity index (χ0v) is 11.8. The normalized spacial score (nSPS) is 12.7. The van der Waals surface area contributed by atoms with Gasteiger partial charge in [0.2, 0.25) is 10.0 Å². The summed E-state index contributed by atoms with van der Waals surface area (Å²) in [6, 6.07) is 3.82. The third-order valence-corrected chi connectivity index (χ3v) is 3.68. The quantitative estimate of drug-likeness (QED) is 0.867. The smallest absolute Gasteiger partial charge is 0.215 e. The Balaban J connectivity index is 2.74. The molecule has 0 aliphatic carbocycles. The molecule has 0 amide bonds. The Kier molecular flexibility index (Phi) is 4.72. The minimum atomic E-state index is -3.51. The summed E-state index contributed by atoms with van der Waals surface area (Å²) in [6.07, 6.45) is 0. The van der Waals surface area contributed by atoms with Crippen molar-refractivity contribution in [1.82, 2.24) is 4.72 Å². The summed E-state index contributed by atoms with van der Waals surface area (Å²) in [5, 5.41) is -0.0955. The van der Waals surface area contributed by atoms with Gasteiger partial charge in [-0.2, -0.15) is 0 Å². The maximum absolute atomic E-state index is 12.9. The molecule has 0 radical (unpaired) electrons. The van der Waals surface area contributed by atoms with Gasteiger partial charge in [0.25, 0.3) is 0 Å². The van der Waals surface area contributed by atoms with Crippen LogP contribution in [0.3, 0.4) is 0 Å². The molecule has 1 rings (SSSR count). The average Bonchev–Trinajstić information content (AvgIpc) is 2.20. The number of nitrogens with one attached hydrogen (secondary N) is 1. The van der Waals surface area contributed by atoms with E-state index in [1.807, 2.05) is 0 Å². The molecule has 0 bridgehead atoms. The van der Waals surface area contributed by atoms with E-state index in [-0.39, 0.29) is 17.3 Å². The zero-order valence-electron chi connectivity index (χ0n) is 10.2. The van der Waals surface area contributed by atoms with Crippen LogP contribution in [-0.2, 0) is 15.8 Å². The van der Waals surface area contributed by atoms with Gasteiger partial charge >= 0.3 is 0 Å². The van der Waals surface area contributed by atoms with E-state index in [2.05, 4.69) is 4.72 Å². The van der Waals surface area contributed by atoms with Crippen LogP contribution >= 0.6 is 11.6 Å². The van der Waals surface area contributed by atoms with E-state index >= 15 is 0 Å². The van der Waals surface area contributed by atoms with E-state index in [1.54, 1.807) is 13.8 Å². The Morgan fingerprint density at radius 3 is 2.56 bits per heavy atom. The van der Waals surface area contributed by atoms with Crippen LogP contribution in [-0.4, -0.2) is 20.5 Å². The fourth-order valence-electron chi connectivity index (χ4n) is 1.20. The summed E-state index contributed by atoms with van der Waals surface area (Å²) >= 11 is 5.58. The largest absolute Gasteiger partial charge is 0.324 e. The Morgan fingerprint density at radius 1 is 1.44 bits per heavy atom. The predicted molar refractivity (Wildman–Crippen MR) is 70.3 cm³/mol. The van der Waals surface area contributed by atoms with E-state index in [0.717, 1.165) is 6.07 Å². The number of halogens is 2. The van der Waals surface area contributed by atoms with Gasteiger partial charge in [0.15, 0.2) is 0 Å². The monoisotopic (exact) mass is 294 g/mol. The van der Waals surface area contributed by atoms with Crippen LogP contribution in [0.15, 0.2) is 18.2 Å². The van der Waals surface area contributed by atoms with E-state index in [4.69, 9.17) is 17.3 Å². The molecule has 7 heteroatoms. The van der Waals surface area contributed by atoms with Gasteiger partial charge in [-0.25, -0.2) is 17.5 Å². The lowest BCUT2D eigenvalue weighted by Crippen LogP contribution is -2.45. The van der Waals surface area contributed by atoms with Gasteiger partial charge in [-0.3, -0.25) is 0 Å². The van der Waals surface area contributed by atoms with Crippen molar-refractivity contribution in [1.29, 1.82) is 0 Å². The van der Waals surface area contributed by atoms with Crippen molar-refractivity contribution in [3.8, 4) is 0 Å². The highest BCUT2D eigenvalue weighted by atomic mass is 35.5. The fourth-order valence-corrected chi connectivity index (χ4v) is 2.71. The van der Waals surface area contributed by atoms with E-state index in [9.17, 15) is 12.8 Å². The summed E-state index contributed by atoms with van der Waals surface area (Å²) in [5.41, 5.74) is 5.47. The molecule has 1 aromatic carbocycles. The number of nitrogens with two attached hydrogens (primary N) is 1. The van der Waals surface area contributed by atoms with Gasteiger partial charge in [0.05, 0.1) is 10.8 Å². The van der Waals surface area contributed by atoms with Crippen LogP contribution in [0.4, 0.5) is 4.39 Å². The first kappa shape index (κ1) is 15.4. The number of benzene rings is 1. The first-order valence-electron chi connectivity index (χ1n) is 5.29. The molecule has 4 nitrogen and oxygen atoms in total. The van der Waals surface area contributed by atoms with Crippen LogP contribution in [0.1, 0.15) is 19.4 Å². The van der Waals surface area contributed by atoms with Gasteiger partial charge in [-0.1, -0.05) is 17.7 Å². The summed E-state index contributed by atoms with van der Waals surface area (Å²) in [5.74, 6) is -0.836. The van der Waals surface area contributed by atoms with Crippen LogP contribution in [0.5, 0.6) is 0 Å². The molecule has 0 fully saturated rings. The molecule has 102 valence electrons. The Morgan fingerprint density at radius 2 is 2.06 bits per heavy atom. The van der Waals surface area contributed by atoms with Crippen molar-refractivity contribution in [2.45, 2.75) is 25.1 Å². The molecule has 0 heterocycles. The topological polar surface area (TPSA) is 72.2 Å². The van der Waals surface area contributed by atoms with Crippen LogP contribution in [0, 0.1) is 5.82 Å². The van der Waals surface area contributed by atoms with Gasteiger partial charge in [0, 0.05) is 12.1 Å². The molecule has 0 saturated carbocycles. The minimum absolute atomic E-state index is 0.0955. The van der Waals surface area contributed by atoms with Crippen LogP contribution in [0.2, 0.25) is 5.02 Å². The second-order valence-electron chi connectivity index (χ2n) is 4.82. The minimum Gasteiger partial charge on any atom is -0.324 e.